The first-order chi connectivity index (χ1) is 13.9. The Bertz CT molecular complexity index is 996. The van der Waals surface area contributed by atoms with Gasteiger partial charge in [0.05, 0.1) is 5.41 Å². The predicted molar refractivity (Wildman–Crippen MR) is 111 cm³/mol. The van der Waals surface area contributed by atoms with Gasteiger partial charge in [-0.25, -0.2) is 13.4 Å². The van der Waals surface area contributed by atoms with Crippen LogP contribution in [0.3, 0.4) is 0 Å². The minimum absolute atomic E-state index is 0.161. The summed E-state index contributed by atoms with van der Waals surface area (Å²) in [6.45, 7) is 3.02. The Morgan fingerprint density at radius 3 is 2.43 bits per heavy atom. The number of aromatic nitrogens is 1. The second kappa shape index (κ2) is 6.90. The minimum atomic E-state index is -4.06. The molecule has 4 aliphatic carbocycles. The number of halogens is 1. The van der Waals surface area contributed by atoms with Crippen LogP contribution in [0.5, 0.6) is 0 Å². The quantitative estimate of drug-likeness (QED) is 0.563. The van der Waals surface area contributed by atoms with Crippen molar-refractivity contribution in [3.8, 4) is 0 Å². The molecule has 0 saturated heterocycles. The van der Waals surface area contributed by atoms with Crippen LogP contribution < -0.4 is 15.8 Å². The Hall–Kier alpha value is -1.71. The average Bonchev–Trinajstić information content (AvgIpc) is 2.59. The van der Waals surface area contributed by atoms with Crippen molar-refractivity contribution < 1.29 is 18.0 Å². The van der Waals surface area contributed by atoms with Gasteiger partial charge < -0.3 is 11.1 Å². The molecule has 164 valence electrons. The van der Waals surface area contributed by atoms with Gasteiger partial charge in [-0.3, -0.25) is 9.59 Å². The van der Waals surface area contributed by atoms with E-state index in [9.17, 15) is 18.0 Å². The van der Waals surface area contributed by atoms with Crippen LogP contribution in [0.1, 0.15) is 52.4 Å². The summed E-state index contributed by atoms with van der Waals surface area (Å²) in [4.78, 5) is 29.1. The standard InChI is InChI=1S/C20H27ClN4O4S/c1-18(2,25-30(28,29)14-4-3-5-23-15(14)21)17(27)24-20-9-12-6-13(10-20)8-19(7-12,11-20)16(22)26/h3-5,12-13,25H,6-11H2,1-2H3,(H2,22,26)(H,24,27). The van der Waals surface area contributed by atoms with E-state index in [2.05, 4.69) is 15.0 Å². The Morgan fingerprint density at radius 2 is 1.87 bits per heavy atom. The molecule has 1 aromatic rings. The van der Waals surface area contributed by atoms with E-state index in [1.54, 1.807) is 0 Å². The average molecular weight is 455 g/mol. The topological polar surface area (TPSA) is 131 Å². The highest BCUT2D eigenvalue weighted by Crippen LogP contribution is 2.61. The Kier molecular flexibility index (Phi) is 4.95. The van der Waals surface area contributed by atoms with Crippen LogP contribution in [-0.2, 0) is 19.6 Å². The lowest BCUT2D eigenvalue weighted by molar-refractivity contribution is -0.151. The molecule has 2 amide bonds. The lowest BCUT2D eigenvalue weighted by Crippen LogP contribution is -2.68. The van der Waals surface area contributed by atoms with Crippen molar-refractivity contribution >= 4 is 33.4 Å². The van der Waals surface area contributed by atoms with E-state index in [0.717, 1.165) is 32.1 Å². The highest BCUT2D eigenvalue weighted by molar-refractivity contribution is 7.89. The van der Waals surface area contributed by atoms with Crippen LogP contribution in [0.2, 0.25) is 5.15 Å². The summed E-state index contributed by atoms with van der Waals surface area (Å²) < 4.78 is 28.0. The first-order valence-corrected chi connectivity index (χ1v) is 12.0. The van der Waals surface area contributed by atoms with Crippen molar-refractivity contribution in [3.63, 3.8) is 0 Å². The molecule has 8 nitrogen and oxygen atoms in total. The first kappa shape index (κ1) is 21.5. The number of hydrogen-bond donors (Lipinski definition) is 3. The number of amides is 2. The summed E-state index contributed by atoms with van der Waals surface area (Å²) in [5, 5.41) is 2.95. The molecule has 5 rings (SSSR count). The zero-order chi connectivity index (χ0) is 21.9. The molecule has 4 aliphatic rings. The Labute approximate surface area is 181 Å². The zero-order valence-corrected chi connectivity index (χ0v) is 18.6. The van der Waals surface area contributed by atoms with Gasteiger partial charge >= 0.3 is 0 Å². The van der Waals surface area contributed by atoms with E-state index < -0.39 is 32.4 Å². The summed E-state index contributed by atoms with van der Waals surface area (Å²) in [6.07, 6.45) is 6.12. The fraction of sp³-hybridized carbons (Fsp3) is 0.650. The maximum atomic E-state index is 13.2. The van der Waals surface area contributed by atoms with Gasteiger partial charge in [-0.1, -0.05) is 11.6 Å². The van der Waals surface area contributed by atoms with Crippen LogP contribution in [0.4, 0.5) is 0 Å². The maximum Gasteiger partial charge on any atom is 0.244 e. The third kappa shape index (κ3) is 3.61. The fourth-order valence-corrected chi connectivity index (χ4v) is 7.93. The summed E-state index contributed by atoms with van der Waals surface area (Å²) in [6, 6.07) is 2.80. The molecule has 0 aromatic carbocycles. The van der Waals surface area contributed by atoms with Crippen LogP contribution in [-0.4, -0.2) is 36.3 Å². The molecule has 4 fully saturated rings. The maximum absolute atomic E-state index is 13.2. The molecule has 0 aliphatic heterocycles. The SMILES string of the molecule is CC(C)(NS(=O)(=O)c1cccnc1Cl)C(=O)NC12CC3CC(C1)CC(C(N)=O)(C3)C2. The van der Waals surface area contributed by atoms with Gasteiger partial charge in [-0.2, -0.15) is 4.72 Å². The molecule has 10 heteroatoms. The van der Waals surface area contributed by atoms with Crippen LogP contribution in [0.15, 0.2) is 23.2 Å². The van der Waals surface area contributed by atoms with Gasteiger partial charge in [-0.05, 0) is 76.3 Å². The first-order valence-electron chi connectivity index (χ1n) is 10.1. The normalized spacial score (nSPS) is 32.8. The van der Waals surface area contributed by atoms with E-state index in [4.69, 9.17) is 17.3 Å². The van der Waals surface area contributed by atoms with Gasteiger partial charge in [0.25, 0.3) is 0 Å². The number of nitrogens with zero attached hydrogens (tertiary/aromatic N) is 1. The second-order valence-corrected chi connectivity index (χ2v) is 11.9. The highest BCUT2D eigenvalue weighted by Gasteiger charge is 2.61. The van der Waals surface area contributed by atoms with Crippen LogP contribution >= 0.6 is 11.6 Å². The molecule has 2 unspecified atom stereocenters. The number of primary amides is 1. The van der Waals surface area contributed by atoms with E-state index >= 15 is 0 Å². The van der Waals surface area contributed by atoms with Crippen molar-refractivity contribution in [2.45, 2.75) is 68.3 Å². The number of nitrogens with one attached hydrogen (secondary N) is 2. The van der Waals surface area contributed by atoms with E-state index in [0.29, 0.717) is 18.3 Å². The number of nitrogens with two attached hydrogens (primary N) is 1. The molecule has 1 heterocycles. The van der Waals surface area contributed by atoms with Crippen molar-refractivity contribution in [2.75, 3.05) is 0 Å². The highest BCUT2D eigenvalue weighted by atomic mass is 35.5. The monoisotopic (exact) mass is 454 g/mol. The molecule has 4 saturated carbocycles. The molecule has 0 radical (unpaired) electrons. The molecule has 4 bridgehead atoms. The number of hydrogen-bond acceptors (Lipinski definition) is 5. The second-order valence-electron chi connectivity index (χ2n) is 9.86. The number of pyridine rings is 1. The molecular formula is C20H27ClN4O4S. The summed E-state index contributed by atoms with van der Waals surface area (Å²) in [5.74, 6) is -0.0184. The molecule has 30 heavy (non-hydrogen) atoms. The predicted octanol–water partition coefficient (Wildman–Crippen LogP) is 1.73. The minimum Gasteiger partial charge on any atom is -0.369 e. The van der Waals surface area contributed by atoms with Gasteiger partial charge in [0.2, 0.25) is 21.8 Å². The van der Waals surface area contributed by atoms with Gasteiger partial charge in [0.1, 0.15) is 15.6 Å². The number of rotatable bonds is 6. The molecule has 4 N–H and O–H groups in total. The van der Waals surface area contributed by atoms with E-state index in [1.165, 1.54) is 32.2 Å². The zero-order valence-electron chi connectivity index (χ0n) is 17.1. The van der Waals surface area contributed by atoms with Gasteiger partial charge in [0, 0.05) is 11.7 Å². The summed E-state index contributed by atoms with van der Waals surface area (Å²) in [7, 11) is -4.06. The largest absolute Gasteiger partial charge is 0.369 e. The lowest BCUT2D eigenvalue weighted by atomic mass is 9.46. The van der Waals surface area contributed by atoms with Crippen molar-refractivity contribution in [2.24, 2.45) is 23.0 Å². The molecule has 2 atom stereocenters. The number of carbonyl (C=O) groups is 2. The Balaban J connectivity index is 1.55. The summed E-state index contributed by atoms with van der Waals surface area (Å²) in [5.41, 5.74) is 3.25. The van der Waals surface area contributed by atoms with Crippen molar-refractivity contribution in [3.05, 3.63) is 23.5 Å². The smallest absolute Gasteiger partial charge is 0.244 e. The third-order valence-corrected chi connectivity index (χ3v) is 9.03. The van der Waals surface area contributed by atoms with Gasteiger partial charge in [-0.15, -0.1) is 0 Å². The number of sulfonamides is 1. The van der Waals surface area contributed by atoms with Gasteiger partial charge in [0.15, 0.2) is 0 Å². The molecule has 0 spiro atoms. The Morgan fingerprint density at radius 1 is 1.23 bits per heavy atom. The van der Waals surface area contributed by atoms with Crippen LogP contribution in [0.25, 0.3) is 0 Å². The molecule has 1 aromatic heterocycles. The van der Waals surface area contributed by atoms with Crippen molar-refractivity contribution in [1.82, 2.24) is 15.0 Å². The van der Waals surface area contributed by atoms with E-state index in [1.807, 2.05) is 0 Å². The number of carbonyl (C=O) groups excluding carboxylic acids is 2. The van der Waals surface area contributed by atoms with E-state index in [-0.39, 0.29) is 16.0 Å². The summed E-state index contributed by atoms with van der Waals surface area (Å²) >= 11 is 5.93. The molecular weight excluding hydrogens is 428 g/mol. The fourth-order valence-electron chi connectivity index (χ4n) is 6.10. The van der Waals surface area contributed by atoms with Crippen molar-refractivity contribution in [1.29, 1.82) is 0 Å². The van der Waals surface area contributed by atoms with Crippen LogP contribution in [0, 0.1) is 17.3 Å². The lowest BCUT2D eigenvalue weighted by Gasteiger charge is -2.61. The third-order valence-electron chi connectivity index (χ3n) is 6.93.